The third-order valence-electron chi connectivity index (χ3n) is 5.39. The lowest BCUT2D eigenvalue weighted by Gasteiger charge is -2.16. The molecule has 1 unspecified atom stereocenters. The molecule has 4 rings (SSSR count). The molecule has 0 aliphatic heterocycles. The number of H-pyrrole nitrogens is 1. The van der Waals surface area contributed by atoms with Crippen molar-refractivity contribution < 1.29 is 19.1 Å². The molecule has 2 N–H and O–H groups in total. The van der Waals surface area contributed by atoms with Gasteiger partial charge in [-0.15, -0.1) is 0 Å². The molecule has 0 fully saturated rings. The number of nitrogens with zero attached hydrogens (tertiary/aromatic N) is 1. The van der Waals surface area contributed by atoms with Crippen molar-refractivity contribution in [3.63, 3.8) is 0 Å². The van der Waals surface area contributed by atoms with E-state index in [0.29, 0.717) is 24.3 Å². The van der Waals surface area contributed by atoms with E-state index in [1.807, 2.05) is 38.1 Å². The zero-order valence-electron chi connectivity index (χ0n) is 19.4. The second-order valence-electron chi connectivity index (χ2n) is 7.93. The van der Waals surface area contributed by atoms with Gasteiger partial charge in [-0.2, -0.15) is 0 Å². The third-order valence-corrected chi connectivity index (χ3v) is 5.39. The Hall–Kier alpha value is -4.13. The third kappa shape index (κ3) is 5.26. The summed E-state index contributed by atoms with van der Waals surface area (Å²) in [5.41, 5.74) is 4.54. The minimum Gasteiger partial charge on any atom is -0.494 e. The molecule has 0 spiro atoms. The van der Waals surface area contributed by atoms with Crippen molar-refractivity contribution in [2.45, 2.75) is 33.3 Å². The number of carbonyl (C=O) groups is 2. The molecule has 1 amide bonds. The first-order chi connectivity index (χ1) is 16.5. The summed E-state index contributed by atoms with van der Waals surface area (Å²) in [5.74, 6) is 0.492. The van der Waals surface area contributed by atoms with E-state index in [0.717, 1.165) is 28.2 Å². The van der Waals surface area contributed by atoms with E-state index in [1.165, 1.54) is 5.56 Å². The summed E-state index contributed by atoms with van der Waals surface area (Å²) in [6.45, 7) is 6.30. The minimum absolute atomic E-state index is 0.346. The van der Waals surface area contributed by atoms with Gasteiger partial charge in [-0.1, -0.05) is 36.8 Å². The van der Waals surface area contributed by atoms with Crippen molar-refractivity contribution in [2.24, 2.45) is 0 Å². The number of hydrogen-bond acceptors (Lipinski definition) is 5. The highest BCUT2D eigenvalue weighted by Gasteiger charge is 2.22. The first-order valence-corrected chi connectivity index (χ1v) is 11.3. The molecule has 0 aliphatic rings. The molecule has 1 atom stereocenters. The zero-order valence-corrected chi connectivity index (χ0v) is 19.4. The Balaban J connectivity index is 1.45. The van der Waals surface area contributed by atoms with Gasteiger partial charge in [-0.3, -0.25) is 4.79 Å². The molecule has 0 aliphatic carbocycles. The number of nitrogens with one attached hydrogen (secondary N) is 2. The van der Waals surface area contributed by atoms with E-state index in [9.17, 15) is 9.59 Å². The number of imidazole rings is 1. The fraction of sp³-hybridized carbons (Fsp3) is 0.222. The molecule has 34 heavy (non-hydrogen) atoms. The van der Waals surface area contributed by atoms with Gasteiger partial charge in [-0.25, -0.2) is 9.78 Å². The highest BCUT2D eigenvalue weighted by Crippen LogP contribution is 2.22. The van der Waals surface area contributed by atoms with E-state index in [-0.39, 0.29) is 5.91 Å². The van der Waals surface area contributed by atoms with E-state index in [2.05, 4.69) is 15.3 Å². The van der Waals surface area contributed by atoms with E-state index >= 15 is 0 Å². The zero-order chi connectivity index (χ0) is 24.1. The van der Waals surface area contributed by atoms with Crippen molar-refractivity contribution in [3.05, 3.63) is 77.9 Å². The summed E-state index contributed by atoms with van der Waals surface area (Å²) in [6.07, 6.45) is -0.571. The van der Waals surface area contributed by atoms with E-state index < -0.39 is 12.1 Å². The highest BCUT2D eigenvalue weighted by molar-refractivity contribution is 5.99. The molecule has 0 saturated carbocycles. The lowest BCUT2D eigenvalue weighted by molar-refractivity contribution is -0.124. The Morgan fingerprint density at radius 3 is 2.41 bits per heavy atom. The van der Waals surface area contributed by atoms with Gasteiger partial charge in [0.15, 0.2) is 6.10 Å². The molecular weight excluding hydrogens is 430 g/mol. The number of rotatable bonds is 8. The van der Waals surface area contributed by atoms with Crippen molar-refractivity contribution in [2.75, 3.05) is 11.9 Å². The maximum atomic E-state index is 12.8. The number of ether oxygens (including phenoxy) is 2. The largest absolute Gasteiger partial charge is 0.494 e. The van der Waals surface area contributed by atoms with Gasteiger partial charge in [0.1, 0.15) is 11.6 Å². The van der Waals surface area contributed by atoms with Crippen LogP contribution in [0.3, 0.4) is 0 Å². The summed E-state index contributed by atoms with van der Waals surface area (Å²) in [6, 6.07) is 20.2. The summed E-state index contributed by atoms with van der Waals surface area (Å²) in [7, 11) is 0. The number of carbonyl (C=O) groups excluding carboxylic acids is 2. The first kappa shape index (κ1) is 23.0. The van der Waals surface area contributed by atoms with Gasteiger partial charge in [0.05, 0.1) is 23.2 Å². The lowest BCUT2D eigenvalue weighted by Crippen LogP contribution is -2.32. The van der Waals surface area contributed by atoms with E-state index in [4.69, 9.17) is 9.47 Å². The van der Waals surface area contributed by atoms with Crippen LogP contribution in [0.5, 0.6) is 5.75 Å². The quantitative estimate of drug-likeness (QED) is 0.340. The Morgan fingerprint density at radius 1 is 1.00 bits per heavy atom. The second kappa shape index (κ2) is 10.2. The van der Waals surface area contributed by atoms with Crippen LogP contribution in [-0.4, -0.2) is 34.6 Å². The van der Waals surface area contributed by atoms with Gasteiger partial charge >= 0.3 is 5.97 Å². The smallest absolute Gasteiger partial charge is 0.338 e. The van der Waals surface area contributed by atoms with Crippen molar-refractivity contribution in [1.82, 2.24) is 9.97 Å². The van der Waals surface area contributed by atoms with Crippen LogP contribution in [0.4, 0.5) is 5.69 Å². The van der Waals surface area contributed by atoms with Gasteiger partial charge in [0, 0.05) is 11.3 Å². The average molecular weight is 458 g/mol. The predicted octanol–water partition coefficient (Wildman–Crippen LogP) is 5.51. The molecule has 7 heteroatoms. The number of anilines is 1. The molecule has 0 bridgehead atoms. The van der Waals surface area contributed by atoms with Crippen LogP contribution in [0, 0.1) is 6.92 Å². The number of hydrogen-bond donors (Lipinski definition) is 2. The number of esters is 1. The second-order valence-corrected chi connectivity index (χ2v) is 7.93. The Labute approximate surface area is 198 Å². The molecule has 3 aromatic carbocycles. The Bertz CT molecular complexity index is 1290. The van der Waals surface area contributed by atoms with Gasteiger partial charge in [-0.05, 0) is 62.7 Å². The Morgan fingerprint density at radius 2 is 1.74 bits per heavy atom. The maximum absolute atomic E-state index is 12.8. The summed E-state index contributed by atoms with van der Waals surface area (Å²) in [4.78, 5) is 33.3. The molecule has 4 aromatic rings. The molecular formula is C27H27N3O4. The number of fused-ring (bicyclic) bond motifs is 1. The standard InChI is InChI=1S/C27H27N3O4/c1-4-24(26(31)28-20-11-13-21(14-12-20)33-5-2)34-27(32)19-10-15-22-23(16-19)30-25(29-22)18-8-6-17(3)7-9-18/h6-16,24H,4-5H2,1-3H3,(H,28,31)(H,29,30). The molecule has 1 aromatic heterocycles. The fourth-order valence-electron chi connectivity index (χ4n) is 3.53. The molecule has 7 nitrogen and oxygen atoms in total. The van der Waals surface area contributed by atoms with Gasteiger partial charge < -0.3 is 19.8 Å². The van der Waals surface area contributed by atoms with Gasteiger partial charge in [0.2, 0.25) is 0 Å². The number of aromatic amines is 1. The number of amides is 1. The topological polar surface area (TPSA) is 93.3 Å². The van der Waals surface area contributed by atoms with E-state index in [1.54, 1.807) is 49.4 Å². The molecule has 0 saturated heterocycles. The SMILES string of the molecule is CCOc1ccc(NC(=O)C(CC)OC(=O)c2ccc3nc(-c4ccc(C)cc4)[nH]c3c2)cc1. The van der Waals surface area contributed by atoms with Crippen LogP contribution in [0.25, 0.3) is 22.4 Å². The monoisotopic (exact) mass is 457 g/mol. The lowest BCUT2D eigenvalue weighted by atomic mass is 10.1. The van der Waals surface area contributed by atoms with Gasteiger partial charge in [0.25, 0.3) is 5.91 Å². The summed E-state index contributed by atoms with van der Waals surface area (Å²) < 4.78 is 10.9. The fourth-order valence-corrected chi connectivity index (χ4v) is 3.53. The minimum atomic E-state index is -0.917. The van der Waals surface area contributed by atoms with Crippen molar-refractivity contribution in [3.8, 4) is 17.1 Å². The summed E-state index contributed by atoms with van der Waals surface area (Å²) in [5, 5.41) is 2.79. The van der Waals surface area contributed by atoms with Crippen LogP contribution >= 0.6 is 0 Å². The Kier molecular flexibility index (Phi) is 6.92. The normalized spacial score (nSPS) is 11.7. The predicted molar refractivity (Wildman–Crippen MR) is 132 cm³/mol. The highest BCUT2D eigenvalue weighted by atomic mass is 16.5. The first-order valence-electron chi connectivity index (χ1n) is 11.3. The molecule has 1 heterocycles. The van der Waals surface area contributed by atoms with Crippen molar-refractivity contribution >= 4 is 28.6 Å². The van der Waals surface area contributed by atoms with Crippen LogP contribution in [-0.2, 0) is 9.53 Å². The number of benzene rings is 3. The van der Waals surface area contributed by atoms with Crippen LogP contribution in [0.2, 0.25) is 0 Å². The molecule has 0 radical (unpaired) electrons. The summed E-state index contributed by atoms with van der Waals surface area (Å²) >= 11 is 0. The molecule has 174 valence electrons. The van der Waals surface area contributed by atoms with Crippen LogP contribution in [0.15, 0.2) is 66.7 Å². The number of aromatic nitrogens is 2. The maximum Gasteiger partial charge on any atom is 0.338 e. The van der Waals surface area contributed by atoms with Crippen molar-refractivity contribution in [1.29, 1.82) is 0 Å². The van der Waals surface area contributed by atoms with Crippen LogP contribution in [0.1, 0.15) is 36.2 Å². The van der Waals surface area contributed by atoms with Crippen LogP contribution < -0.4 is 10.1 Å². The average Bonchev–Trinajstić information content (AvgIpc) is 3.27. The number of aryl methyl sites for hydroxylation is 1.